The highest BCUT2D eigenvalue weighted by molar-refractivity contribution is 5.45. The van der Waals surface area contributed by atoms with Gasteiger partial charge in [-0.15, -0.1) is 0 Å². The number of rotatable bonds is 2. The largest absolute Gasteiger partial charge is 0.393 e. The molecule has 0 bridgehead atoms. The van der Waals surface area contributed by atoms with Crippen molar-refractivity contribution in [3.63, 3.8) is 0 Å². The average molecular weight is 274 g/mol. The Labute approximate surface area is 110 Å². The smallest absolute Gasteiger partial charge is 0.387 e. The zero-order valence-corrected chi connectivity index (χ0v) is 10.7. The Kier molecular flexibility index (Phi) is 3.99. The van der Waals surface area contributed by atoms with E-state index in [9.17, 15) is 18.3 Å². The van der Waals surface area contributed by atoms with Crippen molar-refractivity contribution in [1.82, 2.24) is 4.98 Å². The number of piperidine rings is 1. The first-order chi connectivity index (χ1) is 8.88. The molecule has 2 rings (SSSR count). The van der Waals surface area contributed by atoms with Crippen molar-refractivity contribution in [2.24, 2.45) is 5.92 Å². The molecule has 1 saturated heterocycles. The predicted molar refractivity (Wildman–Crippen MR) is 65.9 cm³/mol. The van der Waals surface area contributed by atoms with Gasteiger partial charge >= 0.3 is 6.18 Å². The topological polar surface area (TPSA) is 36.4 Å². The van der Waals surface area contributed by atoms with Gasteiger partial charge in [0, 0.05) is 13.1 Å². The van der Waals surface area contributed by atoms with E-state index in [0.29, 0.717) is 24.3 Å². The van der Waals surface area contributed by atoms with E-state index < -0.39 is 18.2 Å². The number of hydrogen-bond acceptors (Lipinski definition) is 3. The van der Waals surface area contributed by atoms with E-state index >= 15 is 0 Å². The van der Waals surface area contributed by atoms with Crippen molar-refractivity contribution in [2.45, 2.75) is 32.0 Å². The normalized spacial score (nSPS) is 22.4. The van der Waals surface area contributed by atoms with Crippen LogP contribution in [0, 0.1) is 5.92 Å². The molecule has 19 heavy (non-hydrogen) atoms. The van der Waals surface area contributed by atoms with Crippen LogP contribution in [0.4, 0.5) is 18.9 Å². The van der Waals surface area contributed by atoms with Crippen LogP contribution >= 0.6 is 0 Å². The van der Waals surface area contributed by atoms with Crippen molar-refractivity contribution in [1.29, 1.82) is 0 Å². The zero-order valence-electron chi connectivity index (χ0n) is 10.7. The third kappa shape index (κ3) is 3.37. The van der Waals surface area contributed by atoms with Crippen LogP contribution in [-0.2, 0) is 0 Å². The van der Waals surface area contributed by atoms with Gasteiger partial charge in [0.2, 0.25) is 0 Å². The van der Waals surface area contributed by atoms with Gasteiger partial charge in [0.15, 0.2) is 0 Å². The summed E-state index contributed by atoms with van der Waals surface area (Å²) in [5, 5.41) is 9.35. The van der Waals surface area contributed by atoms with Gasteiger partial charge in [-0.3, -0.25) is 4.98 Å². The molecule has 0 radical (unpaired) electrons. The van der Waals surface area contributed by atoms with E-state index in [4.69, 9.17) is 0 Å². The number of halogens is 3. The maximum absolute atomic E-state index is 12.7. The molecule has 1 aliphatic rings. The number of nitrogens with zero attached hydrogens (tertiary/aromatic N) is 2. The van der Waals surface area contributed by atoms with Crippen LogP contribution in [0.15, 0.2) is 18.3 Å². The number of hydrogen-bond donors (Lipinski definition) is 1. The molecule has 0 amide bonds. The van der Waals surface area contributed by atoms with Gasteiger partial charge in [-0.05, 0) is 31.9 Å². The van der Waals surface area contributed by atoms with Crippen LogP contribution in [0.1, 0.15) is 31.6 Å². The lowest BCUT2D eigenvalue weighted by Crippen LogP contribution is -2.41. The number of alkyl halides is 3. The summed E-state index contributed by atoms with van der Waals surface area (Å²) in [6.07, 6.45) is -2.55. The van der Waals surface area contributed by atoms with Gasteiger partial charge in [0.25, 0.3) is 0 Å². The second-order valence-corrected chi connectivity index (χ2v) is 4.94. The van der Waals surface area contributed by atoms with Crippen LogP contribution in [0.2, 0.25) is 0 Å². The lowest BCUT2D eigenvalue weighted by Gasteiger charge is -2.35. The van der Waals surface area contributed by atoms with Crippen LogP contribution < -0.4 is 4.90 Å². The number of aliphatic hydroxyl groups excluding tert-OH is 1. The molecule has 1 aromatic rings. The summed E-state index contributed by atoms with van der Waals surface area (Å²) < 4.78 is 38.2. The lowest BCUT2D eigenvalue weighted by atomic mass is 9.97. The molecule has 1 N–H and O–H groups in total. The second-order valence-electron chi connectivity index (χ2n) is 4.94. The first kappa shape index (κ1) is 14.1. The molecule has 106 valence electrons. The highest BCUT2D eigenvalue weighted by atomic mass is 19.4. The van der Waals surface area contributed by atoms with E-state index in [2.05, 4.69) is 4.98 Å². The Balaban J connectivity index is 2.09. The van der Waals surface area contributed by atoms with Gasteiger partial charge in [-0.1, -0.05) is 0 Å². The molecular weight excluding hydrogens is 257 g/mol. The molecule has 1 aromatic heterocycles. The highest BCUT2D eigenvalue weighted by Crippen LogP contribution is 2.34. The van der Waals surface area contributed by atoms with Crippen molar-refractivity contribution >= 4 is 5.69 Å². The van der Waals surface area contributed by atoms with E-state index in [-0.39, 0.29) is 13.0 Å². The fraction of sp³-hybridized carbons (Fsp3) is 0.615. The minimum absolute atomic E-state index is 0.0147. The van der Waals surface area contributed by atoms with Crippen LogP contribution in [0.5, 0.6) is 0 Å². The lowest BCUT2D eigenvalue weighted by molar-refractivity contribution is -0.175. The minimum Gasteiger partial charge on any atom is -0.387 e. The molecule has 0 aromatic carbocycles. The number of aromatic nitrogens is 1. The van der Waals surface area contributed by atoms with Crippen molar-refractivity contribution in [3.8, 4) is 0 Å². The fourth-order valence-electron chi connectivity index (χ4n) is 2.31. The molecule has 0 saturated carbocycles. The third-order valence-electron chi connectivity index (χ3n) is 3.45. The summed E-state index contributed by atoms with van der Waals surface area (Å²) in [6, 6.07) is 3.37. The van der Waals surface area contributed by atoms with Crippen LogP contribution in [0.25, 0.3) is 0 Å². The van der Waals surface area contributed by atoms with E-state index in [1.54, 1.807) is 24.0 Å². The van der Waals surface area contributed by atoms with Crippen molar-refractivity contribution in [3.05, 3.63) is 24.0 Å². The molecule has 0 aliphatic carbocycles. The predicted octanol–water partition coefficient (Wildman–Crippen LogP) is 2.91. The maximum Gasteiger partial charge on any atom is 0.393 e. The van der Waals surface area contributed by atoms with Crippen molar-refractivity contribution in [2.75, 3.05) is 18.0 Å². The van der Waals surface area contributed by atoms with Crippen LogP contribution in [0.3, 0.4) is 0 Å². The van der Waals surface area contributed by atoms with Crippen molar-refractivity contribution < 1.29 is 18.3 Å². The number of aliphatic hydroxyl groups is 1. The quantitative estimate of drug-likeness (QED) is 0.900. The minimum atomic E-state index is -4.13. The Hall–Kier alpha value is -1.30. The van der Waals surface area contributed by atoms with E-state index in [0.717, 1.165) is 0 Å². The SMILES string of the molecule is C[C@@H](O)c1ccc(N2CCCC(C(F)(F)F)C2)cn1. The van der Waals surface area contributed by atoms with E-state index in [1.165, 1.54) is 6.20 Å². The standard InChI is InChI=1S/C13H17F3N2O/c1-9(19)12-5-4-11(7-17-12)18-6-2-3-10(8-18)13(14,15)16/h4-5,7,9-10,19H,2-3,6,8H2,1H3/t9-,10?/m1/s1. The molecular formula is C13H17F3N2O. The Morgan fingerprint density at radius 2 is 2.16 bits per heavy atom. The molecule has 1 unspecified atom stereocenters. The third-order valence-corrected chi connectivity index (χ3v) is 3.45. The van der Waals surface area contributed by atoms with Gasteiger partial charge in [0.1, 0.15) is 0 Å². The molecule has 2 atom stereocenters. The molecule has 0 spiro atoms. The Morgan fingerprint density at radius 3 is 2.68 bits per heavy atom. The monoisotopic (exact) mass is 274 g/mol. The summed E-state index contributed by atoms with van der Waals surface area (Å²) in [5.74, 6) is -1.27. The van der Waals surface area contributed by atoms with Gasteiger partial charge in [0.05, 0.1) is 29.6 Å². The van der Waals surface area contributed by atoms with Gasteiger partial charge < -0.3 is 10.0 Å². The Bertz CT molecular complexity index is 417. The summed E-state index contributed by atoms with van der Waals surface area (Å²) in [7, 11) is 0. The molecule has 1 fully saturated rings. The second kappa shape index (κ2) is 5.36. The van der Waals surface area contributed by atoms with E-state index in [1.807, 2.05) is 0 Å². The van der Waals surface area contributed by atoms with Gasteiger partial charge in [-0.25, -0.2) is 0 Å². The van der Waals surface area contributed by atoms with Crippen LogP contribution in [-0.4, -0.2) is 29.4 Å². The number of pyridine rings is 1. The Morgan fingerprint density at radius 1 is 1.42 bits per heavy atom. The molecule has 6 heteroatoms. The molecule has 2 heterocycles. The highest BCUT2D eigenvalue weighted by Gasteiger charge is 2.41. The fourth-order valence-corrected chi connectivity index (χ4v) is 2.31. The summed E-state index contributed by atoms with van der Waals surface area (Å²) in [6.45, 7) is 2.20. The maximum atomic E-state index is 12.7. The first-order valence-corrected chi connectivity index (χ1v) is 6.33. The zero-order chi connectivity index (χ0) is 14.0. The molecule has 1 aliphatic heterocycles. The first-order valence-electron chi connectivity index (χ1n) is 6.33. The summed E-state index contributed by atoms with van der Waals surface area (Å²) >= 11 is 0. The molecule has 3 nitrogen and oxygen atoms in total. The summed E-state index contributed by atoms with van der Waals surface area (Å²) in [4.78, 5) is 5.78. The summed E-state index contributed by atoms with van der Waals surface area (Å²) in [5.41, 5.74) is 1.20. The number of anilines is 1. The van der Waals surface area contributed by atoms with Gasteiger partial charge in [-0.2, -0.15) is 13.2 Å². The average Bonchev–Trinajstić information content (AvgIpc) is 2.38.